The summed E-state index contributed by atoms with van der Waals surface area (Å²) in [4.78, 5) is 0. The molecule has 90 valence electrons. The Balaban J connectivity index is 2.39. The van der Waals surface area contributed by atoms with Crippen molar-refractivity contribution in [2.75, 3.05) is 6.54 Å². The van der Waals surface area contributed by atoms with Gasteiger partial charge in [-0.15, -0.1) is 0 Å². The van der Waals surface area contributed by atoms with E-state index >= 15 is 0 Å². The van der Waals surface area contributed by atoms with E-state index in [1.165, 1.54) is 5.56 Å². The molecule has 3 nitrogen and oxygen atoms in total. The zero-order valence-electron chi connectivity index (χ0n) is 9.45. The molecular formula is C12H13BrClN3. The van der Waals surface area contributed by atoms with Crippen molar-refractivity contribution in [2.45, 2.75) is 13.3 Å². The van der Waals surface area contributed by atoms with E-state index in [0.717, 1.165) is 22.3 Å². The van der Waals surface area contributed by atoms with Crippen molar-refractivity contribution in [3.8, 4) is 5.69 Å². The molecule has 0 bridgehead atoms. The van der Waals surface area contributed by atoms with Crippen LogP contribution in [-0.4, -0.2) is 16.3 Å². The monoisotopic (exact) mass is 313 g/mol. The lowest BCUT2D eigenvalue weighted by molar-refractivity contribution is 0.856. The van der Waals surface area contributed by atoms with Crippen LogP contribution in [0.25, 0.3) is 5.69 Å². The molecule has 0 aliphatic rings. The van der Waals surface area contributed by atoms with Gasteiger partial charge in [0.2, 0.25) is 0 Å². The fraction of sp³-hybridized carbons (Fsp3) is 0.250. The highest BCUT2D eigenvalue weighted by Gasteiger charge is 2.07. The van der Waals surface area contributed by atoms with Gasteiger partial charge in [-0.1, -0.05) is 17.7 Å². The van der Waals surface area contributed by atoms with Gasteiger partial charge in [0.15, 0.2) is 0 Å². The maximum absolute atomic E-state index is 6.00. The number of hydrogen-bond acceptors (Lipinski definition) is 2. The van der Waals surface area contributed by atoms with Crippen LogP contribution in [0.15, 0.2) is 28.9 Å². The summed E-state index contributed by atoms with van der Waals surface area (Å²) in [6.07, 6.45) is 2.68. The Morgan fingerprint density at radius 1 is 1.47 bits per heavy atom. The smallest absolute Gasteiger partial charge is 0.0819 e. The molecule has 0 aliphatic carbocycles. The molecule has 0 aliphatic heterocycles. The van der Waals surface area contributed by atoms with Gasteiger partial charge < -0.3 is 5.73 Å². The standard InChI is InChI=1S/C12H13BrClN3/c1-8-11(14)7-17(16-8)12-3-2-9(4-5-15)6-10(12)13/h2-3,6-7H,4-5,15H2,1H3. The van der Waals surface area contributed by atoms with Crippen LogP contribution < -0.4 is 5.73 Å². The largest absolute Gasteiger partial charge is 0.330 e. The Labute approximate surface area is 114 Å². The first-order chi connectivity index (χ1) is 8.11. The molecule has 0 spiro atoms. The second kappa shape index (κ2) is 5.21. The maximum atomic E-state index is 6.00. The van der Waals surface area contributed by atoms with E-state index in [0.29, 0.717) is 11.6 Å². The Morgan fingerprint density at radius 2 is 2.24 bits per heavy atom. The second-order valence-corrected chi connectivity index (χ2v) is 5.09. The molecule has 2 N–H and O–H groups in total. The van der Waals surface area contributed by atoms with E-state index < -0.39 is 0 Å². The third-order valence-electron chi connectivity index (χ3n) is 2.53. The van der Waals surface area contributed by atoms with Crippen molar-refractivity contribution in [2.24, 2.45) is 5.73 Å². The highest BCUT2D eigenvalue weighted by atomic mass is 79.9. The van der Waals surface area contributed by atoms with E-state index in [1.54, 1.807) is 10.9 Å². The molecule has 0 fully saturated rings. The van der Waals surface area contributed by atoms with Crippen LogP contribution in [-0.2, 0) is 6.42 Å². The highest BCUT2D eigenvalue weighted by molar-refractivity contribution is 9.10. The Morgan fingerprint density at radius 3 is 2.76 bits per heavy atom. The first-order valence-corrected chi connectivity index (χ1v) is 6.49. The van der Waals surface area contributed by atoms with Gasteiger partial charge in [-0.05, 0) is 53.5 Å². The average molecular weight is 315 g/mol. The van der Waals surface area contributed by atoms with Crippen LogP contribution in [0.4, 0.5) is 0 Å². The van der Waals surface area contributed by atoms with E-state index in [9.17, 15) is 0 Å². The summed E-state index contributed by atoms with van der Waals surface area (Å²) in [6, 6.07) is 6.13. The number of nitrogens with two attached hydrogens (primary N) is 1. The number of rotatable bonds is 3. The minimum atomic E-state index is 0.651. The third kappa shape index (κ3) is 2.70. The molecule has 17 heavy (non-hydrogen) atoms. The normalized spacial score (nSPS) is 10.8. The van der Waals surface area contributed by atoms with Gasteiger partial charge in [0, 0.05) is 10.7 Å². The molecule has 0 radical (unpaired) electrons. The molecule has 2 aromatic rings. The van der Waals surface area contributed by atoms with Crippen molar-refractivity contribution < 1.29 is 0 Å². The zero-order valence-corrected chi connectivity index (χ0v) is 11.8. The molecule has 0 saturated carbocycles. The molecule has 1 heterocycles. The molecule has 5 heteroatoms. The number of aryl methyl sites for hydroxylation is 1. The highest BCUT2D eigenvalue weighted by Crippen LogP contribution is 2.24. The SMILES string of the molecule is Cc1nn(-c2ccc(CCN)cc2Br)cc1Cl. The molecule has 1 aromatic heterocycles. The van der Waals surface area contributed by atoms with Gasteiger partial charge in [-0.3, -0.25) is 0 Å². The summed E-state index contributed by atoms with van der Waals surface area (Å²) >= 11 is 9.54. The number of hydrogen-bond donors (Lipinski definition) is 1. The Hall–Kier alpha value is -0.840. The summed E-state index contributed by atoms with van der Waals surface area (Å²) in [5, 5.41) is 5.02. The molecule has 1 aromatic carbocycles. The van der Waals surface area contributed by atoms with Crippen LogP contribution in [0, 0.1) is 6.92 Å². The first kappa shape index (κ1) is 12.6. The van der Waals surface area contributed by atoms with Crippen molar-refractivity contribution >= 4 is 27.5 Å². The molecule has 0 saturated heterocycles. The third-order valence-corrected chi connectivity index (χ3v) is 3.54. The van der Waals surface area contributed by atoms with Gasteiger partial charge in [0.1, 0.15) is 0 Å². The number of halogens is 2. The number of nitrogens with zero attached hydrogens (tertiary/aromatic N) is 2. The summed E-state index contributed by atoms with van der Waals surface area (Å²) < 4.78 is 2.76. The topological polar surface area (TPSA) is 43.8 Å². The van der Waals surface area contributed by atoms with Crippen LogP contribution in [0.1, 0.15) is 11.3 Å². The molecular weight excluding hydrogens is 302 g/mol. The Bertz CT molecular complexity index is 517. The van der Waals surface area contributed by atoms with Crippen molar-refractivity contribution in [1.29, 1.82) is 0 Å². The fourth-order valence-corrected chi connectivity index (χ4v) is 2.36. The van der Waals surface area contributed by atoms with Crippen LogP contribution in [0.5, 0.6) is 0 Å². The van der Waals surface area contributed by atoms with E-state index in [-0.39, 0.29) is 0 Å². The summed E-state index contributed by atoms with van der Waals surface area (Å²) in [7, 11) is 0. The minimum Gasteiger partial charge on any atom is -0.330 e. The lowest BCUT2D eigenvalue weighted by Crippen LogP contribution is -2.03. The predicted molar refractivity (Wildman–Crippen MR) is 73.8 cm³/mol. The molecule has 0 amide bonds. The number of benzene rings is 1. The van der Waals surface area contributed by atoms with Gasteiger partial charge in [0.25, 0.3) is 0 Å². The van der Waals surface area contributed by atoms with Crippen LogP contribution >= 0.6 is 27.5 Å². The van der Waals surface area contributed by atoms with Crippen molar-refractivity contribution in [1.82, 2.24) is 9.78 Å². The zero-order chi connectivity index (χ0) is 12.4. The quantitative estimate of drug-likeness (QED) is 0.946. The van der Waals surface area contributed by atoms with Crippen LogP contribution in [0.3, 0.4) is 0 Å². The fourth-order valence-electron chi connectivity index (χ4n) is 1.62. The lowest BCUT2D eigenvalue weighted by atomic mass is 10.1. The number of aromatic nitrogens is 2. The average Bonchev–Trinajstić information content (AvgIpc) is 2.59. The van der Waals surface area contributed by atoms with E-state index in [2.05, 4.69) is 33.2 Å². The van der Waals surface area contributed by atoms with Crippen molar-refractivity contribution in [3.05, 3.63) is 45.1 Å². The summed E-state index contributed by atoms with van der Waals surface area (Å²) in [6.45, 7) is 2.54. The second-order valence-electron chi connectivity index (χ2n) is 3.83. The minimum absolute atomic E-state index is 0.651. The van der Waals surface area contributed by atoms with Gasteiger partial charge in [-0.2, -0.15) is 5.10 Å². The predicted octanol–water partition coefficient (Wildman–Crippen LogP) is 3.10. The molecule has 0 unspecified atom stereocenters. The Kier molecular flexibility index (Phi) is 3.86. The maximum Gasteiger partial charge on any atom is 0.0819 e. The lowest BCUT2D eigenvalue weighted by Gasteiger charge is -2.06. The van der Waals surface area contributed by atoms with Gasteiger partial charge >= 0.3 is 0 Å². The molecule has 0 atom stereocenters. The first-order valence-electron chi connectivity index (χ1n) is 5.32. The van der Waals surface area contributed by atoms with Gasteiger partial charge in [0.05, 0.1) is 16.4 Å². The van der Waals surface area contributed by atoms with Crippen LogP contribution in [0.2, 0.25) is 5.02 Å². The van der Waals surface area contributed by atoms with E-state index in [1.807, 2.05) is 13.0 Å². The summed E-state index contributed by atoms with van der Waals surface area (Å²) in [5.74, 6) is 0. The van der Waals surface area contributed by atoms with E-state index in [4.69, 9.17) is 17.3 Å². The summed E-state index contributed by atoms with van der Waals surface area (Å²) in [5.41, 5.74) is 8.54. The van der Waals surface area contributed by atoms with Gasteiger partial charge in [-0.25, -0.2) is 4.68 Å². The van der Waals surface area contributed by atoms with Crippen molar-refractivity contribution in [3.63, 3.8) is 0 Å². The molecule has 2 rings (SSSR count).